The fraction of sp³-hybridized carbons (Fsp3) is 0.133. The minimum absolute atomic E-state index is 0.209. The van der Waals surface area contributed by atoms with E-state index in [1.165, 1.54) is 29.5 Å². The maximum atomic E-state index is 12.9. The van der Waals surface area contributed by atoms with Gasteiger partial charge >= 0.3 is 0 Å². The first-order valence-electron chi connectivity index (χ1n) is 6.92. The molecule has 130 valence electrons. The minimum Gasteiger partial charge on any atom is -0.296 e. The second-order valence-corrected chi connectivity index (χ2v) is 7.76. The zero-order valence-corrected chi connectivity index (χ0v) is 14.9. The molecule has 0 fully saturated rings. The van der Waals surface area contributed by atoms with Crippen molar-refractivity contribution in [1.29, 1.82) is 0 Å². The van der Waals surface area contributed by atoms with Crippen LogP contribution >= 0.6 is 34.4 Å². The summed E-state index contributed by atoms with van der Waals surface area (Å²) in [5, 5.41) is 12.9. The number of thiophene rings is 1. The molecular formula is C15H10F3N3OS3. The van der Waals surface area contributed by atoms with Gasteiger partial charge in [0.05, 0.1) is 0 Å². The fourth-order valence-electron chi connectivity index (χ4n) is 1.96. The molecule has 0 saturated carbocycles. The number of benzene rings is 1. The second kappa shape index (κ2) is 7.98. The second-order valence-electron chi connectivity index (χ2n) is 4.75. The van der Waals surface area contributed by atoms with Gasteiger partial charge in [0, 0.05) is 11.3 Å². The Bertz CT molecular complexity index is 864. The van der Waals surface area contributed by atoms with Gasteiger partial charge in [-0.1, -0.05) is 35.2 Å². The molecule has 0 spiro atoms. The van der Waals surface area contributed by atoms with Gasteiger partial charge in [0.25, 0.3) is 11.7 Å². The highest BCUT2D eigenvalue weighted by Crippen LogP contribution is 2.32. The highest BCUT2D eigenvalue weighted by atomic mass is 32.2. The molecule has 0 aliphatic carbocycles. The largest absolute Gasteiger partial charge is 0.296 e. The van der Waals surface area contributed by atoms with E-state index in [2.05, 4.69) is 15.5 Å². The van der Waals surface area contributed by atoms with Crippen LogP contribution in [0.3, 0.4) is 0 Å². The number of hydrogen-bond donors (Lipinski definition) is 1. The topological polar surface area (TPSA) is 54.9 Å². The SMILES string of the molecule is O=C(Nc1nnc(Cc2ccc(F)cc2)s1)c1sccc1SC(F)F. The van der Waals surface area contributed by atoms with Crippen LogP contribution in [0.2, 0.25) is 0 Å². The summed E-state index contributed by atoms with van der Waals surface area (Å²) in [7, 11) is 0. The normalized spacial score (nSPS) is 11.0. The molecule has 0 aliphatic rings. The molecule has 0 bridgehead atoms. The molecule has 25 heavy (non-hydrogen) atoms. The third-order valence-electron chi connectivity index (χ3n) is 3.01. The Kier molecular flexibility index (Phi) is 5.71. The summed E-state index contributed by atoms with van der Waals surface area (Å²) in [6, 6.07) is 7.50. The van der Waals surface area contributed by atoms with Crippen molar-refractivity contribution in [3.05, 3.63) is 57.0 Å². The molecule has 3 aromatic rings. The maximum Gasteiger partial charge on any atom is 0.288 e. The lowest BCUT2D eigenvalue weighted by Crippen LogP contribution is -2.11. The molecule has 1 amide bonds. The van der Waals surface area contributed by atoms with Crippen molar-refractivity contribution in [2.75, 3.05) is 5.32 Å². The molecule has 0 radical (unpaired) electrons. The monoisotopic (exact) mass is 401 g/mol. The van der Waals surface area contributed by atoms with Gasteiger partial charge in [0.1, 0.15) is 15.7 Å². The van der Waals surface area contributed by atoms with Gasteiger partial charge in [-0.05, 0) is 29.1 Å². The third-order valence-corrected chi connectivity index (χ3v) is 5.66. The van der Waals surface area contributed by atoms with E-state index in [1.807, 2.05) is 0 Å². The number of carbonyl (C=O) groups excluding carboxylic acids is 1. The molecule has 2 aromatic heterocycles. The lowest BCUT2D eigenvalue weighted by atomic mass is 10.2. The molecule has 10 heteroatoms. The van der Waals surface area contributed by atoms with Gasteiger partial charge in [-0.2, -0.15) is 8.78 Å². The van der Waals surface area contributed by atoms with Gasteiger partial charge in [-0.25, -0.2) is 4.39 Å². The zero-order valence-electron chi connectivity index (χ0n) is 12.4. The summed E-state index contributed by atoms with van der Waals surface area (Å²) in [4.78, 5) is 12.7. The standard InChI is InChI=1S/C15H10F3N3OS3/c16-9-3-1-8(2-4-9)7-11-20-21-15(25-11)19-13(22)12-10(5-6-23-12)24-14(17)18/h1-6,14H,7H2,(H,19,21,22). The number of amides is 1. The molecule has 1 N–H and O–H groups in total. The van der Waals surface area contributed by atoms with Gasteiger partial charge in [-0.15, -0.1) is 21.5 Å². The molecule has 0 unspecified atom stereocenters. The first-order valence-corrected chi connectivity index (χ1v) is 9.49. The Morgan fingerprint density at radius 1 is 1.20 bits per heavy atom. The number of rotatable bonds is 6. The molecule has 0 atom stereocenters. The Morgan fingerprint density at radius 2 is 1.96 bits per heavy atom. The number of aromatic nitrogens is 2. The number of thioether (sulfide) groups is 1. The lowest BCUT2D eigenvalue weighted by molar-refractivity contribution is 0.102. The van der Waals surface area contributed by atoms with E-state index in [1.54, 1.807) is 17.5 Å². The summed E-state index contributed by atoms with van der Waals surface area (Å²) < 4.78 is 37.9. The van der Waals surface area contributed by atoms with Crippen LogP contribution in [0.1, 0.15) is 20.2 Å². The average molecular weight is 401 g/mol. The van der Waals surface area contributed by atoms with Crippen molar-refractivity contribution in [3.63, 3.8) is 0 Å². The van der Waals surface area contributed by atoms with E-state index >= 15 is 0 Å². The molecule has 4 nitrogen and oxygen atoms in total. The van der Waals surface area contributed by atoms with Crippen LogP contribution in [0, 0.1) is 5.82 Å². The highest BCUT2D eigenvalue weighted by molar-refractivity contribution is 7.99. The van der Waals surface area contributed by atoms with Gasteiger partial charge in [0.15, 0.2) is 0 Å². The molecule has 0 aliphatic heterocycles. The number of carbonyl (C=O) groups is 1. The minimum atomic E-state index is -2.59. The van der Waals surface area contributed by atoms with Gasteiger partial charge < -0.3 is 0 Å². The van der Waals surface area contributed by atoms with Gasteiger partial charge in [0.2, 0.25) is 5.13 Å². The predicted molar refractivity (Wildman–Crippen MR) is 93.2 cm³/mol. The Labute approximate surface area is 153 Å². The molecule has 0 saturated heterocycles. The Hall–Kier alpha value is -1.91. The van der Waals surface area contributed by atoms with Crippen molar-refractivity contribution in [3.8, 4) is 0 Å². The van der Waals surface area contributed by atoms with E-state index in [0.29, 0.717) is 23.2 Å². The van der Waals surface area contributed by atoms with Crippen LogP contribution in [0.5, 0.6) is 0 Å². The van der Waals surface area contributed by atoms with Crippen LogP contribution < -0.4 is 5.32 Å². The number of alkyl halides is 2. The van der Waals surface area contributed by atoms with Crippen LogP contribution in [-0.2, 0) is 6.42 Å². The summed E-state index contributed by atoms with van der Waals surface area (Å²) in [5.74, 6) is -3.41. The van der Waals surface area contributed by atoms with E-state index in [-0.39, 0.29) is 20.7 Å². The van der Waals surface area contributed by atoms with Crippen LogP contribution in [0.25, 0.3) is 0 Å². The van der Waals surface area contributed by atoms with Crippen LogP contribution in [-0.4, -0.2) is 21.9 Å². The van der Waals surface area contributed by atoms with Crippen molar-refractivity contribution in [2.24, 2.45) is 0 Å². The maximum absolute atomic E-state index is 12.9. The number of halogens is 3. The smallest absolute Gasteiger partial charge is 0.288 e. The fourth-order valence-corrected chi connectivity index (χ4v) is 4.32. The molecular weight excluding hydrogens is 391 g/mol. The number of nitrogens with zero attached hydrogens (tertiary/aromatic N) is 2. The van der Waals surface area contributed by atoms with Crippen LogP contribution in [0.15, 0.2) is 40.6 Å². The molecule has 2 heterocycles. The average Bonchev–Trinajstić information content (AvgIpc) is 3.18. The Balaban J connectivity index is 1.66. The Morgan fingerprint density at radius 3 is 2.68 bits per heavy atom. The zero-order chi connectivity index (χ0) is 17.8. The number of anilines is 1. The first-order chi connectivity index (χ1) is 12.0. The van der Waals surface area contributed by atoms with E-state index < -0.39 is 11.7 Å². The van der Waals surface area contributed by atoms with Crippen molar-refractivity contribution < 1.29 is 18.0 Å². The predicted octanol–water partition coefficient (Wildman–Crippen LogP) is 4.90. The van der Waals surface area contributed by atoms with E-state index in [0.717, 1.165) is 16.9 Å². The van der Waals surface area contributed by atoms with Gasteiger partial charge in [-0.3, -0.25) is 10.1 Å². The first kappa shape index (κ1) is 17.9. The highest BCUT2D eigenvalue weighted by Gasteiger charge is 2.18. The quantitative estimate of drug-likeness (QED) is 0.597. The summed E-state index contributed by atoms with van der Waals surface area (Å²) in [6.07, 6.45) is 0.458. The summed E-state index contributed by atoms with van der Waals surface area (Å²) in [5.41, 5.74) is 0.865. The molecule has 1 aromatic carbocycles. The van der Waals surface area contributed by atoms with E-state index in [9.17, 15) is 18.0 Å². The van der Waals surface area contributed by atoms with Crippen molar-refractivity contribution >= 4 is 45.5 Å². The lowest BCUT2D eigenvalue weighted by Gasteiger charge is -2.02. The summed E-state index contributed by atoms with van der Waals surface area (Å²) >= 11 is 2.60. The van der Waals surface area contributed by atoms with E-state index in [4.69, 9.17) is 0 Å². The number of nitrogens with one attached hydrogen (secondary N) is 1. The third kappa shape index (κ3) is 4.80. The van der Waals surface area contributed by atoms with Crippen molar-refractivity contribution in [2.45, 2.75) is 17.1 Å². The van der Waals surface area contributed by atoms with Crippen molar-refractivity contribution in [1.82, 2.24) is 10.2 Å². The number of hydrogen-bond acceptors (Lipinski definition) is 6. The summed E-state index contributed by atoms with van der Waals surface area (Å²) in [6.45, 7) is 0. The van der Waals surface area contributed by atoms with Crippen LogP contribution in [0.4, 0.5) is 18.3 Å². The molecule has 3 rings (SSSR count).